The van der Waals surface area contributed by atoms with E-state index in [0.29, 0.717) is 13.0 Å². The molecule has 0 radical (unpaired) electrons. The van der Waals surface area contributed by atoms with Crippen molar-refractivity contribution < 1.29 is 9.21 Å². The zero-order chi connectivity index (χ0) is 11.4. The van der Waals surface area contributed by atoms with Crippen molar-refractivity contribution in [1.29, 1.82) is 0 Å². The van der Waals surface area contributed by atoms with E-state index in [9.17, 15) is 4.79 Å². The number of piperazine rings is 1. The van der Waals surface area contributed by atoms with E-state index in [2.05, 4.69) is 10.2 Å². The predicted molar refractivity (Wildman–Crippen MR) is 61.5 cm³/mol. The van der Waals surface area contributed by atoms with Gasteiger partial charge in [0.25, 0.3) is 0 Å². The molecule has 0 spiro atoms. The molecule has 0 atom stereocenters. The molecule has 0 bridgehead atoms. The minimum Gasteiger partial charge on any atom is -0.466 e. The molecule has 1 fully saturated rings. The zero-order valence-corrected chi connectivity index (χ0v) is 9.66. The molecule has 4 heteroatoms. The van der Waals surface area contributed by atoms with E-state index in [-0.39, 0.29) is 5.78 Å². The summed E-state index contributed by atoms with van der Waals surface area (Å²) in [6, 6.07) is 3.78. The maximum absolute atomic E-state index is 11.8. The summed E-state index contributed by atoms with van der Waals surface area (Å²) in [7, 11) is 0. The van der Waals surface area contributed by atoms with E-state index in [0.717, 1.165) is 37.7 Å². The van der Waals surface area contributed by atoms with Gasteiger partial charge in [0.15, 0.2) is 5.78 Å². The first kappa shape index (κ1) is 11.4. The molecule has 1 aromatic rings. The van der Waals surface area contributed by atoms with E-state index < -0.39 is 0 Å². The van der Waals surface area contributed by atoms with Crippen LogP contribution in [0.2, 0.25) is 0 Å². The summed E-state index contributed by atoms with van der Waals surface area (Å²) in [5.74, 6) is 1.87. The first-order valence-electron chi connectivity index (χ1n) is 5.74. The molecule has 2 rings (SSSR count). The highest BCUT2D eigenvalue weighted by Gasteiger charge is 2.14. The van der Waals surface area contributed by atoms with Crippen molar-refractivity contribution in [2.45, 2.75) is 13.3 Å². The normalized spacial score (nSPS) is 17.6. The number of rotatable bonds is 4. The average Bonchev–Trinajstić information content (AvgIpc) is 2.65. The van der Waals surface area contributed by atoms with Crippen molar-refractivity contribution in [3.63, 3.8) is 0 Å². The lowest BCUT2D eigenvalue weighted by Gasteiger charge is -2.26. The molecule has 1 aliphatic heterocycles. The Labute approximate surface area is 95.6 Å². The van der Waals surface area contributed by atoms with Gasteiger partial charge in [0.2, 0.25) is 0 Å². The van der Waals surface area contributed by atoms with Gasteiger partial charge in [-0.25, -0.2) is 0 Å². The first-order chi connectivity index (χ1) is 7.74. The second-order valence-electron chi connectivity index (χ2n) is 4.25. The first-order valence-corrected chi connectivity index (χ1v) is 5.74. The van der Waals surface area contributed by atoms with Crippen LogP contribution >= 0.6 is 0 Å². The lowest BCUT2D eigenvalue weighted by atomic mass is 10.2. The topological polar surface area (TPSA) is 45.5 Å². The second kappa shape index (κ2) is 5.27. The summed E-state index contributed by atoms with van der Waals surface area (Å²) in [4.78, 5) is 14.0. The molecule has 1 saturated heterocycles. The number of nitrogens with one attached hydrogen (secondary N) is 1. The van der Waals surface area contributed by atoms with E-state index >= 15 is 0 Å². The number of carbonyl (C=O) groups is 1. The molecule has 1 aliphatic rings. The van der Waals surface area contributed by atoms with Crippen molar-refractivity contribution in [2.75, 3.05) is 32.7 Å². The Balaban J connectivity index is 1.79. The molecule has 1 aromatic heterocycles. The summed E-state index contributed by atoms with van der Waals surface area (Å²) >= 11 is 0. The summed E-state index contributed by atoms with van der Waals surface area (Å²) < 4.78 is 5.39. The molecule has 1 N–H and O–H groups in total. The maximum atomic E-state index is 11.8. The molecule has 4 nitrogen and oxygen atoms in total. The van der Waals surface area contributed by atoms with Crippen molar-refractivity contribution >= 4 is 5.78 Å². The van der Waals surface area contributed by atoms with E-state index in [1.165, 1.54) is 0 Å². The Kier molecular flexibility index (Phi) is 3.74. The third-order valence-corrected chi connectivity index (χ3v) is 2.78. The lowest BCUT2D eigenvalue weighted by molar-refractivity contribution is -0.119. The molecule has 88 valence electrons. The molecule has 0 aliphatic carbocycles. The van der Waals surface area contributed by atoms with Crippen LogP contribution in [-0.4, -0.2) is 43.4 Å². The molecule has 0 unspecified atom stereocenters. The van der Waals surface area contributed by atoms with Crippen molar-refractivity contribution in [2.24, 2.45) is 0 Å². The Morgan fingerprint density at radius 3 is 2.81 bits per heavy atom. The van der Waals surface area contributed by atoms with Crippen molar-refractivity contribution in [3.05, 3.63) is 23.7 Å². The van der Waals surface area contributed by atoms with Gasteiger partial charge in [0.05, 0.1) is 13.0 Å². The second-order valence-corrected chi connectivity index (χ2v) is 4.25. The Hall–Kier alpha value is -1.13. The highest BCUT2D eigenvalue weighted by molar-refractivity contribution is 5.82. The number of hydrogen-bond acceptors (Lipinski definition) is 4. The van der Waals surface area contributed by atoms with Gasteiger partial charge in [-0.05, 0) is 19.1 Å². The highest BCUT2D eigenvalue weighted by Crippen LogP contribution is 2.07. The smallest absolute Gasteiger partial charge is 0.154 e. The minimum absolute atomic E-state index is 0.233. The van der Waals surface area contributed by atoms with Gasteiger partial charge in [-0.1, -0.05) is 0 Å². The predicted octanol–water partition coefficient (Wildman–Crippen LogP) is 0.605. The average molecular weight is 222 g/mol. The number of carbonyl (C=O) groups excluding carboxylic acids is 1. The standard InChI is InChI=1S/C12H18N2O2/c1-10-2-3-12(16-10)8-11(15)9-14-6-4-13-5-7-14/h2-3,13H,4-9H2,1H3. The van der Waals surface area contributed by atoms with E-state index in [1.807, 2.05) is 19.1 Å². The fourth-order valence-electron chi connectivity index (χ4n) is 1.95. The number of aryl methyl sites for hydroxylation is 1. The molecule has 0 aromatic carbocycles. The molecule has 0 saturated carbocycles. The largest absolute Gasteiger partial charge is 0.466 e. The van der Waals surface area contributed by atoms with Crippen LogP contribution in [-0.2, 0) is 11.2 Å². The third-order valence-electron chi connectivity index (χ3n) is 2.78. The number of Topliss-reactive ketones (excluding diaryl/α,β-unsaturated/α-hetero) is 1. The van der Waals surface area contributed by atoms with Crippen LogP contribution in [0.25, 0.3) is 0 Å². The van der Waals surface area contributed by atoms with Gasteiger partial charge in [-0.2, -0.15) is 0 Å². The van der Waals surface area contributed by atoms with Crippen LogP contribution in [0.1, 0.15) is 11.5 Å². The van der Waals surface area contributed by atoms with Crippen molar-refractivity contribution in [1.82, 2.24) is 10.2 Å². The van der Waals surface area contributed by atoms with Gasteiger partial charge in [0, 0.05) is 26.2 Å². The van der Waals surface area contributed by atoms with Gasteiger partial charge in [-0.15, -0.1) is 0 Å². The molecule has 2 heterocycles. The van der Waals surface area contributed by atoms with Crippen LogP contribution < -0.4 is 5.32 Å². The molecular weight excluding hydrogens is 204 g/mol. The molecular formula is C12H18N2O2. The van der Waals surface area contributed by atoms with Crippen LogP contribution in [0.5, 0.6) is 0 Å². The fraction of sp³-hybridized carbons (Fsp3) is 0.583. The third kappa shape index (κ3) is 3.18. The maximum Gasteiger partial charge on any atom is 0.154 e. The van der Waals surface area contributed by atoms with Crippen LogP contribution in [0, 0.1) is 6.92 Å². The summed E-state index contributed by atoms with van der Waals surface area (Å²) in [5.41, 5.74) is 0. The quantitative estimate of drug-likeness (QED) is 0.810. The van der Waals surface area contributed by atoms with Crippen LogP contribution in [0.15, 0.2) is 16.5 Å². The number of hydrogen-bond donors (Lipinski definition) is 1. The van der Waals surface area contributed by atoms with Crippen molar-refractivity contribution in [3.8, 4) is 0 Å². The SMILES string of the molecule is Cc1ccc(CC(=O)CN2CCNCC2)o1. The molecule has 0 amide bonds. The van der Waals surface area contributed by atoms with Gasteiger partial charge in [0.1, 0.15) is 11.5 Å². The van der Waals surface area contributed by atoms with Gasteiger partial charge in [-0.3, -0.25) is 9.69 Å². The molecule has 16 heavy (non-hydrogen) atoms. The summed E-state index contributed by atoms with van der Waals surface area (Å²) in [6.45, 7) is 6.32. The number of furan rings is 1. The summed E-state index contributed by atoms with van der Waals surface area (Å²) in [5, 5.41) is 3.27. The fourth-order valence-corrected chi connectivity index (χ4v) is 1.95. The highest BCUT2D eigenvalue weighted by atomic mass is 16.3. The zero-order valence-electron chi connectivity index (χ0n) is 9.66. The lowest BCUT2D eigenvalue weighted by Crippen LogP contribution is -2.45. The number of ketones is 1. The monoisotopic (exact) mass is 222 g/mol. The van der Waals surface area contributed by atoms with E-state index in [1.54, 1.807) is 0 Å². The Bertz CT molecular complexity index is 354. The Morgan fingerprint density at radius 1 is 1.44 bits per heavy atom. The van der Waals surface area contributed by atoms with Gasteiger partial charge >= 0.3 is 0 Å². The van der Waals surface area contributed by atoms with Crippen LogP contribution in [0.4, 0.5) is 0 Å². The van der Waals surface area contributed by atoms with Crippen LogP contribution in [0.3, 0.4) is 0 Å². The minimum atomic E-state index is 0.233. The summed E-state index contributed by atoms with van der Waals surface area (Å²) in [6.07, 6.45) is 0.414. The number of nitrogens with zero attached hydrogens (tertiary/aromatic N) is 1. The Morgan fingerprint density at radius 2 is 2.19 bits per heavy atom. The van der Waals surface area contributed by atoms with E-state index in [4.69, 9.17) is 4.42 Å². The van der Waals surface area contributed by atoms with Gasteiger partial charge < -0.3 is 9.73 Å².